The van der Waals surface area contributed by atoms with Gasteiger partial charge in [0.2, 0.25) is 11.0 Å². The quantitative estimate of drug-likeness (QED) is 0.582. The highest BCUT2D eigenvalue weighted by Crippen LogP contribution is 2.38. The summed E-state index contributed by atoms with van der Waals surface area (Å²) in [6.07, 6.45) is 5.69. The third-order valence-electron chi connectivity index (χ3n) is 3.19. The van der Waals surface area contributed by atoms with Crippen molar-refractivity contribution in [3.8, 4) is 11.6 Å². The van der Waals surface area contributed by atoms with Crippen molar-refractivity contribution in [2.24, 2.45) is 0 Å². The van der Waals surface area contributed by atoms with E-state index in [1.165, 1.54) is 29.3 Å². The maximum absolute atomic E-state index is 6.02. The van der Waals surface area contributed by atoms with Crippen LogP contribution in [-0.4, -0.2) is 24.8 Å². The normalized spacial score (nSPS) is 14.5. The Bertz CT molecular complexity index is 765. The van der Waals surface area contributed by atoms with E-state index in [1.54, 1.807) is 24.6 Å². The molecule has 0 aliphatic heterocycles. The van der Waals surface area contributed by atoms with Gasteiger partial charge in [-0.2, -0.15) is 0 Å². The first-order valence-electron chi connectivity index (χ1n) is 6.56. The topological polar surface area (TPSA) is 95.7 Å². The minimum Gasteiger partial charge on any atom is -0.461 e. The molecule has 21 heavy (non-hydrogen) atoms. The summed E-state index contributed by atoms with van der Waals surface area (Å²) < 4.78 is 6.69. The third kappa shape index (κ3) is 2.38. The van der Waals surface area contributed by atoms with Crippen LogP contribution in [0.4, 0.5) is 0 Å². The molecule has 1 fully saturated rings. The fourth-order valence-corrected chi connectivity index (χ4v) is 2.69. The molecule has 0 amide bonds. The van der Waals surface area contributed by atoms with Crippen LogP contribution in [-0.2, 0) is 0 Å². The summed E-state index contributed by atoms with van der Waals surface area (Å²) >= 11 is 1.36. The molecule has 8 heteroatoms. The van der Waals surface area contributed by atoms with Crippen LogP contribution < -0.4 is 5.84 Å². The molecule has 3 heterocycles. The molecule has 106 valence electrons. The van der Waals surface area contributed by atoms with Crippen molar-refractivity contribution in [3.05, 3.63) is 36.5 Å². The molecule has 0 saturated heterocycles. The van der Waals surface area contributed by atoms with Gasteiger partial charge in [-0.05, 0) is 42.8 Å². The Morgan fingerprint density at radius 1 is 1.29 bits per heavy atom. The van der Waals surface area contributed by atoms with Crippen molar-refractivity contribution in [2.45, 2.75) is 28.9 Å². The van der Waals surface area contributed by atoms with E-state index in [-0.39, 0.29) is 0 Å². The highest BCUT2D eigenvalue weighted by atomic mass is 32.2. The molecule has 0 aromatic carbocycles. The summed E-state index contributed by atoms with van der Waals surface area (Å²) in [6, 6.07) is 5.42. The van der Waals surface area contributed by atoms with Crippen LogP contribution in [0.5, 0.6) is 0 Å². The van der Waals surface area contributed by atoms with Gasteiger partial charge in [0.1, 0.15) is 10.9 Å². The van der Waals surface area contributed by atoms with Crippen molar-refractivity contribution in [1.29, 1.82) is 0 Å². The molecule has 0 atom stereocenters. The number of rotatable bonds is 4. The van der Waals surface area contributed by atoms with E-state index in [1.807, 2.05) is 6.07 Å². The first-order chi connectivity index (χ1) is 10.3. The maximum Gasteiger partial charge on any atom is 0.218 e. The first-order valence-corrected chi connectivity index (χ1v) is 7.38. The second-order valence-corrected chi connectivity index (χ2v) is 5.77. The largest absolute Gasteiger partial charge is 0.461 e. The summed E-state index contributed by atoms with van der Waals surface area (Å²) in [5.41, 5.74) is 0. The highest BCUT2D eigenvalue weighted by molar-refractivity contribution is 7.99. The fourth-order valence-electron chi connectivity index (χ4n) is 1.97. The number of aromatic nitrogens is 5. The van der Waals surface area contributed by atoms with Crippen LogP contribution in [0.15, 0.2) is 45.3 Å². The van der Waals surface area contributed by atoms with Gasteiger partial charge in [0, 0.05) is 12.1 Å². The lowest BCUT2D eigenvalue weighted by atomic mass is 10.4. The van der Waals surface area contributed by atoms with E-state index in [2.05, 4.69) is 20.2 Å². The van der Waals surface area contributed by atoms with Crippen molar-refractivity contribution < 1.29 is 4.42 Å². The summed E-state index contributed by atoms with van der Waals surface area (Å²) in [4.78, 5) is 8.83. The average molecular weight is 300 g/mol. The molecule has 4 rings (SSSR count). The van der Waals surface area contributed by atoms with Crippen LogP contribution in [0.2, 0.25) is 0 Å². The highest BCUT2D eigenvalue weighted by Gasteiger charge is 2.26. The van der Waals surface area contributed by atoms with E-state index in [9.17, 15) is 0 Å². The van der Waals surface area contributed by atoms with Crippen molar-refractivity contribution >= 4 is 11.8 Å². The molecule has 3 aromatic heterocycles. The lowest BCUT2D eigenvalue weighted by molar-refractivity contribution is 0.574. The van der Waals surface area contributed by atoms with Crippen LogP contribution in [0.1, 0.15) is 24.6 Å². The zero-order valence-corrected chi connectivity index (χ0v) is 11.8. The Morgan fingerprint density at radius 2 is 2.19 bits per heavy atom. The Kier molecular flexibility index (Phi) is 2.88. The first kappa shape index (κ1) is 12.4. The molecule has 2 N–H and O–H groups in total. The molecule has 0 unspecified atom stereocenters. The minimum absolute atomic E-state index is 0.485. The maximum atomic E-state index is 6.02. The Hall–Kier alpha value is -2.35. The zero-order valence-electron chi connectivity index (χ0n) is 11.0. The van der Waals surface area contributed by atoms with Crippen molar-refractivity contribution in [1.82, 2.24) is 24.8 Å². The van der Waals surface area contributed by atoms with Crippen LogP contribution in [0.3, 0.4) is 0 Å². The zero-order chi connectivity index (χ0) is 14.2. The monoisotopic (exact) mass is 300 g/mol. The summed E-state index contributed by atoms with van der Waals surface area (Å²) in [5, 5.41) is 9.52. The molecule has 3 aromatic rings. The van der Waals surface area contributed by atoms with E-state index >= 15 is 0 Å². The fraction of sp³-hybridized carbons (Fsp3) is 0.231. The summed E-state index contributed by atoms with van der Waals surface area (Å²) in [6.45, 7) is 0. The summed E-state index contributed by atoms with van der Waals surface area (Å²) in [5.74, 6) is 8.50. The van der Waals surface area contributed by atoms with E-state index in [4.69, 9.17) is 10.3 Å². The molecular formula is C13H12N6OS. The standard InChI is InChI=1S/C13H12N6OS/c14-19-12(9-2-1-7-20-9)17-18-13(19)21-10-5-6-15-11(16-10)8-3-4-8/h1-2,5-8H,3-4,14H2. The van der Waals surface area contributed by atoms with Gasteiger partial charge in [-0.15, -0.1) is 10.2 Å². The summed E-state index contributed by atoms with van der Waals surface area (Å²) in [7, 11) is 0. The molecular weight excluding hydrogens is 288 g/mol. The van der Waals surface area contributed by atoms with E-state index < -0.39 is 0 Å². The predicted octanol–water partition coefficient (Wildman–Crippen LogP) is 2.07. The average Bonchev–Trinajstić information content (AvgIpc) is 3.11. The van der Waals surface area contributed by atoms with Crippen LogP contribution in [0.25, 0.3) is 11.6 Å². The molecule has 1 aliphatic carbocycles. The van der Waals surface area contributed by atoms with Gasteiger partial charge in [0.15, 0.2) is 5.76 Å². The number of nitrogen functional groups attached to an aromatic ring is 1. The van der Waals surface area contributed by atoms with Crippen LogP contribution in [0, 0.1) is 0 Å². The molecule has 0 radical (unpaired) electrons. The smallest absolute Gasteiger partial charge is 0.218 e. The van der Waals surface area contributed by atoms with Gasteiger partial charge in [0.05, 0.1) is 6.26 Å². The Balaban J connectivity index is 1.61. The minimum atomic E-state index is 0.485. The Morgan fingerprint density at radius 3 is 2.95 bits per heavy atom. The van der Waals surface area contributed by atoms with E-state index in [0.29, 0.717) is 22.7 Å². The molecule has 0 bridgehead atoms. The van der Waals surface area contributed by atoms with Crippen molar-refractivity contribution in [3.63, 3.8) is 0 Å². The third-order valence-corrected chi connectivity index (χ3v) is 4.09. The van der Waals surface area contributed by atoms with Gasteiger partial charge in [-0.1, -0.05) is 0 Å². The van der Waals surface area contributed by atoms with Gasteiger partial charge >= 0.3 is 0 Å². The lowest BCUT2D eigenvalue weighted by Crippen LogP contribution is -2.11. The van der Waals surface area contributed by atoms with Crippen molar-refractivity contribution in [2.75, 3.05) is 5.84 Å². The van der Waals surface area contributed by atoms with Gasteiger partial charge in [-0.3, -0.25) is 0 Å². The van der Waals surface area contributed by atoms with E-state index in [0.717, 1.165) is 10.9 Å². The predicted molar refractivity (Wildman–Crippen MR) is 76.0 cm³/mol. The number of hydrogen-bond donors (Lipinski definition) is 1. The SMILES string of the molecule is Nn1c(Sc2ccnc(C3CC3)n2)nnc1-c1ccco1. The molecule has 1 aliphatic rings. The van der Waals surface area contributed by atoms with Crippen LogP contribution >= 0.6 is 11.8 Å². The number of nitrogens with two attached hydrogens (primary N) is 1. The second-order valence-electron chi connectivity index (χ2n) is 4.78. The molecule has 0 spiro atoms. The van der Waals surface area contributed by atoms with Gasteiger partial charge < -0.3 is 10.3 Å². The Labute approximate surface area is 124 Å². The lowest BCUT2D eigenvalue weighted by Gasteiger charge is -2.03. The number of furan rings is 1. The number of nitrogens with zero attached hydrogens (tertiary/aromatic N) is 5. The van der Waals surface area contributed by atoms with Gasteiger partial charge in [-0.25, -0.2) is 14.6 Å². The molecule has 1 saturated carbocycles. The van der Waals surface area contributed by atoms with Gasteiger partial charge in [0.25, 0.3) is 0 Å². The number of hydrogen-bond acceptors (Lipinski definition) is 7. The molecule has 7 nitrogen and oxygen atoms in total. The second kappa shape index (κ2) is 4.88.